The van der Waals surface area contributed by atoms with Gasteiger partial charge in [0.1, 0.15) is 0 Å². The van der Waals surface area contributed by atoms with Gasteiger partial charge in [-0.3, -0.25) is 9.59 Å². The van der Waals surface area contributed by atoms with E-state index in [0.29, 0.717) is 32.4 Å². The summed E-state index contributed by atoms with van der Waals surface area (Å²) in [5.74, 6) is -0.0175. The fourth-order valence-corrected chi connectivity index (χ4v) is 1.27. The van der Waals surface area contributed by atoms with E-state index in [2.05, 4.69) is 10.6 Å². The molecule has 1 fully saturated rings. The molecule has 0 saturated carbocycles. The predicted molar refractivity (Wildman–Crippen MR) is 47.8 cm³/mol. The lowest BCUT2D eigenvalue weighted by molar-refractivity contribution is -0.121. The summed E-state index contributed by atoms with van der Waals surface area (Å²) in [6.45, 7) is 1.07. The first-order chi connectivity index (χ1) is 6.22. The Morgan fingerprint density at radius 2 is 2.46 bits per heavy atom. The molecule has 0 radical (unpaired) electrons. The molecule has 1 rings (SSSR count). The van der Waals surface area contributed by atoms with Gasteiger partial charge >= 0.3 is 0 Å². The lowest BCUT2D eigenvalue weighted by Crippen LogP contribution is -2.36. The van der Waals surface area contributed by atoms with Crippen LogP contribution in [0.1, 0.15) is 19.3 Å². The van der Waals surface area contributed by atoms with Crippen LogP contribution in [0.25, 0.3) is 0 Å². The highest BCUT2D eigenvalue weighted by Gasteiger charge is 2.22. The largest absolute Gasteiger partial charge is 0.354 e. The van der Waals surface area contributed by atoms with Gasteiger partial charge in [-0.25, -0.2) is 0 Å². The Labute approximate surface area is 77.1 Å². The zero-order valence-corrected chi connectivity index (χ0v) is 7.51. The van der Waals surface area contributed by atoms with Gasteiger partial charge in [-0.05, 0) is 13.0 Å². The average Bonchev–Trinajstić information content (AvgIpc) is 2.48. The van der Waals surface area contributed by atoms with Crippen LogP contribution in [0.2, 0.25) is 0 Å². The maximum absolute atomic E-state index is 11.2. The number of hydrogen-bond donors (Lipinski definition) is 3. The number of nitrogens with two attached hydrogens (primary N) is 1. The van der Waals surface area contributed by atoms with E-state index in [1.165, 1.54) is 0 Å². The van der Waals surface area contributed by atoms with Gasteiger partial charge in [-0.1, -0.05) is 0 Å². The molecule has 0 bridgehead atoms. The topological polar surface area (TPSA) is 84.2 Å². The quantitative estimate of drug-likeness (QED) is 0.510. The highest BCUT2D eigenvalue weighted by Crippen LogP contribution is 1.99. The molecule has 1 heterocycles. The molecule has 0 spiro atoms. The Bertz CT molecular complexity index is 206. The predicted octanol–water partition coefficient (Wildman–Crippen LogP) is -1.27. The lowest BCUT2D eigenvalue weighted by Gasteiger charge is -2.09. The number of carbonyl (C=O) groups is 2. The Balaban J connectivity index is 2.17. The SMILES string of the molecule is NCCCC(=O)NC1CNC(=O)C1. The monoisotopic (exact) mass is 185 g/mol. The third-order valence-electron chi connectivity index (χ3n) is 1.95. The van der Waals surface area contributed by atoms with E-state index in [1.54, 1.807) is 0 Å². The molecule has 0 aliphatic carbocycles. The summed E-state index contributed by atoms with van der Waals surface area (Å²) in [4.78, 5) is 21.9. The fraction of sp³-hybridized carbons (Fsp3) is 0.750. The zero-order chi connectivity index (χ0) is 9.68. The molecule has 1 aliphatic rings. The van der Waals surface area contributed by atoms with E-state index in [0.717, 1.165) is 0 Å². The first-order valence-corrected chi connectivity index (χ1v) is 4.48. The van der Waals surface area contributed by atoms with E-state index in [9.17, 15) is 9.59 Å². The number of amides is 2. The summed E-state index contributed by atoms with van der Waals surface area (Å²) in [6, 6.07) is -0.0298. The van der Waals surface area contributed by atoms with Crippen LogP contribution in [0.5, 0.6) is 0 Å². The molecular weight excluding hydrogens is 170 g/mol. The van der Waals surface area contributed by atoms with Gasteiger partial charge < -0.3 is 16.4 Å². The van der Waals surface area contributed by atoms with Crippen molar-refractivity contribution in [3.63, 3.8) is 0 Å². The minimum Gasteiger partial charge on any atom is -0.354 e. The second-order valence-electron chi connectivity index (χ2n) is 3.16. The number of carbonyl (C=O) groups excluding carboxylic acids is 2. The van der Waals surface area contributed by atoms with Crippen molar-refractivity contribution in [3.05, 3.63) is 0 Å². The van der Waals surface area contributed by atoms with E-state index >= 15 is 0 Å². The second kappa shape index (κ2) is 4.81. The minimum absolute atomic E-state index is 0.00382. The molecule has 1 atom stereocenters. The van der Waals surface area contributed by atoms with Crippen LogP contribution in [-0.2, 0) is 9.59 Å². The number of hydrogen-bond acceptors (Lipinski definition) is 3. The van der Waals surface area contributed by atoms with Crippen LogP contribution in [-0.4, -0.2) is 30.9 Å². The lowest BCUT2D eigenvalue weighted by atomic mass is 10.2. The number of rotatable bonds is 4. The molecule has 5 heteroatoms. The summed E-state index contributed by atoms with van der Waals surface area (Å²) in [6.07, 6.45) is 1.54. The molecule has 0 aromatic heterocycles. The Morgan fingerprint density at radius 1 is 1.69 bits per heavy atom. The summed E-state index contributed by atoms with van der Waals surface area (Å²) in [5.41, 5.74) is 5.26. The van der Waals surface area contributed by atoms with Crippen LogP contribution in [0.4, 0.5) is 0 Å². The maximum Gasteiger partial charge on any atom is 0.222 e. The first-order valence-electron chi connectivity index (χ1n) is 4.48. The van der Waals surface area contributed by atoms with Gasteiger partial charge in [0.25, 0.3) is 0 Å². The van der Waals surface area contributed by atoms with Crippen molar-refractivity contribution < 1.29 is 9.59 Å². The summed E-state index contributed by atoms with van der Waals surface area (Å²) < 4.78 is 0. The van der Waals surface area contributed by atoms with Crippen molar-refractivity contribution in [3.8, 4) is 0 Å². The summed E-state index contributed by atoms with van der Waals surface area (Å²) in [5, 5.41) is 5.42. The third kappa shape index (κ3) is 3.42. The maximum atomic E-state index is 11.2. The van der Waals surface area contributed by atoms with Gasteiger partial charge in [0, 0.05) is 19.4 Å². The van der Waals surface area contributed by atoms with E-state index in [-0.39, 0.29) is 17.9 Å². The fourth-order valence-electron chi connectivity index (χ4n) is 1.27. The van der Waals surface area contributed by atoms with Gasteiger partial charge in [0.2, 0.25) is 11.8 Å². The van der Waals surface area contributed by atoms with Crippen molar-refractivity contribution in [1.82, 2.24) is 10.6 Å². The first kappa shape index (κ1) is 9.98. The van der Waals surface area contributed by atoms with Crippen LogP contribution in [0, 0.1) is 0 Å². The van der Waals surface area contributed by atoms with Gasteiger partial charge in [-0.15, -0.1) is 0 Å². The van der Waals surface area contributed by atoms with Crippen LogP contribution < -0.4 is 16.4 Å². The van der Waals surface area contributed by atoms with E-state index < -0.39 is 0 Å². The van der Waals surface area contributed by atoms with Gasteiger partial charge in [-0.2, -0.15) is 0 Å². The smallest absolute Gasteiger partial charge is 0.222 e. The highest BCUT2D eigenvalue weighted by molar-refractivity contribution is 5.81. The molecule has 5 nitrogen and oxygen atoms in total. The minimum atomic E-state index is -0.0298. The zero-order valence-electron chi connectivity index (χ0n) is 7.51. The Kier molecular flexibility index (Phi) is 3.70. The van der Waals surface area contributed by atoms with Crippen LogP contribution in [0.15, 0.2) is 0 Å². The van der Waals surface area contributed by atoms with Crippen molar-refractivity contribution in [2.45, 2.75) is 25.3 Å². The molecule has 2 amide bonds. The van der Waals surface area contributed by atoms with Crippen LogP contribution in [0.3, 0.4) is 0 Å². The molecule has 1 unspecified atom stereocenters. The van der Waals surface area contributed by atoms with Crippen molar-refractivity contribution in [2.24, 2.45) is 5.73 Å². The molecule has 1 saturated heterocycles. The molecule has 0 aromatic rings. The summed E-state index contributed by atoms with van der Waals surface area (Å²) >= 11 is 0. The van der Waals surface area contributed by atoms with Crippen LogP contribution >= 0.6 is 0 Å². The van der Waals surface area contributed by atoms with Gasteiger partial charge in [0.15, 0.2) is 0 Å². The Hall–Kier alpha value is -1.10. The van der Waals surface area contributed by atoms with E-state index in [4.69, 9.17) is 5.73 Å². The van der Waals surface area contributed by atoms with Crippen molar-refractivity contribution >= 4 is 11.8 Å². The highest BCUT2D eigenvalue weighted by atomic mass is 16.2. The molecular formula is C8H15N3O2. The van der Waals surface area contributed by atoms with E-state index in [1.807, 2.05) is 0 Å². The van der Waals surface area contributed by atoms with Crippen molar-refractivity contribution in [2.75, 3.05) is 13.1 Å². The normalized spacial score (nSPS) is 21.3. The molecule has 4 N–H and O–H groups in total. The number of nitrogens with one attached hydrogen (secondary N) is 2. The van der Waals surface area contributed by atoms with Gasteiger partial charge in [0.05, 0.1) is 6.04 Å². The standard InChI is InChI=1S/C8H15N3O2/c9-3-1-2-7(12)11-6-4-8(13)10-5-6/h6H,1-5,9H2,(H,10,13)(H,11,12). The Morgan fingerprint density at radius 3 is 3.00 bits per heavy atom. The molecule has 1 aliphatic heterocycles. The molecule has 13 heavy (non-hydrogen) atoms. The summed E-state index contributed by atoms with van der Waals surface area (Å²) in [7, 11) is 0. The third-order valence-corrected chi connectivity index (χ3v) is 1.95. The molecule has 74 valence electrons. The van der Waals surface area contributed by atoms with Crippen molar-refractivity contribution in [1.29, 1.82) is 0 Å². The average molecular weight is 185 g/mol. The second-order valence-corrected chi connectivity index (χ2v) is 3.16. The molecule has 0 aromatic carbocycles.